The maximum absolute atomic E-state index is 11.1. The molecule has 154 valence electrons. The largest absolute Gasteiger partial charge is 0.741 e. The van der Waals surface area contributed by atoms with E-state index in [0.29, 0.717) is 23.0 Å². The summed E-state index contributed by atoms with van der Waals surface area (Å²) in [4.78, 5) is 3.21. The van der Waals surface area contributed by atoms with Crippen molar-refractivity contribution in [2.45, 2.75) is 31.8 Å². The third-order valence-electron chi connectivity index (χ3n) is 1.93. The van der Waals surface area contributed by atoms with Crippen LogP contribution in [0.3, 0.4) is 0 Å². The van der Waals surface area contributed by atoms with E-state index in [4.69, 9.17) is 13.0 Å². The van der Waals surface area contributed by atoms with Crippen LogP contribution in [0.25, 0.3) is 0 Å². The second kappa shape index (κ2) is 10.00. The summed E-state index contributed by atoms with van der Waals surface area (Å²) < 4.78 is 115. The summed E-state index contributed by atoms with van der Waals surface area (Å²) in [6, 6.07) is 4.26. The van der Waals surface area contributed by atoms with Gasteiger partial charge in [0.05, 0.1) is 0 Å². The summed E-state index contributed by atoms with van der Waals surface area (Å²) in [7, 11) is -11.4. The Bertz CT molecular complexity index is 741. The molecule has 0 radical (unpaired) electrons. The van der Waals surface area contributed by atoms with Gasteiger partial charge in [-0.3, -0.25) is 0 Å². The average Bonchev–Trinajstić information content (AvgIpc) is 2.34. The van der Waals surface area contributed by atoms with E-state index in [9.17, 15) is 34.8 Å². The van der Waals surface area contributed by atoms with E-state index in [-0.39, 0.29) is 0 Å². The van der Waals surface area contributed by atoms with E-state index < -0.39 is 31.3 Å². The second-order valence-electron chi connectivity index (χ2n) is 4.39. The Hall–Kier alpha value is -0.720. The van der Waals surface area contributed by atoms with Crippen LogP contribution < -0.4 is 4.98 Å². The van der Waals surface area contributed by atoms with Crippen LogP contribution in [0.4, 0.5) is 26.3 Å². The van der Waals surface area contributed by atoms with Crippen LogP contribution in [0.15, 0.2) is 12.1 Å². The van der Waals surface area contributed by atoms with Crippen molar-refractivity contribution < 1.29 is 55.2 Å². The SMILES string of the molecule is Cc1cc(C)[nH+]c(C)c1.O=S(=O)(OI)C(F)(F)F.O=S(=O)([O-])C(F)(F)F. The summed E-state index contributed by atoms with van der Waals surface area (Å²) in [5.74, 6) is 0. The quantitative estimate of drug-likeness (QED) is 0.231. The van der Waals surface area contributed by atoms with Crippen LogP contribution in [-0.2, 0) is 22.7 Å². The predicted octanol–water partition coefficient (Wildman–Crippen LogP) is 2.68. The molecule has 1 N–H and O–H groups in total. The number of alkyl halides is 6. The Balaban J connectivity index is 0. The highest BCUT2D eigenvalue weighted by Crippen LogP contribution is 2.25. The van der Waals surface area contributed by atoms with E-state index in [1.54, 1.807) is 0 Å². The Morgan fingerprint density at radius 1 is 0.923 bits per heavy atom. The van der Waals surface area contributed by atoms with Gasteiger partial charge in [0, 0.05) is 26.0 Å². The van der Waals surface area contributed by atoms with Gasteiger partial charge < -0.3 is 4.55 Å². The topological polar surface area (TPSA) is 115 Å². The van der Waals surface area contributed by atoms with Gasteiger partial charge in [-0.25, -0.2) is 13.4 Å². The predicted molar refractivity (Wildman–Crippen MR) is 83.0 cm³/mol. The zero-order chi connectivity index (χ0) is 21.6. The third-order valence-corrected chi connectivity index (χ3v) is 4.65. The molecule has 1 aromatic rings. The van der Waals surface area contributed by atoms with E-state index in [0.717, 1.165) is 0 Å². The van der Waals surface area contributed by atoms with Crippen molar-refractivity contribution in [2.24, 2.45) is 0 Å². The number of rotatable bonds is 1. The first kappa shape index (κ1) is 27.5. The van der Waals surface area contributed by atoms with E-state index in [1.807, 2.05) is 0 Å². The Labute approximate surface area is 159 Å². The Kier molecular flexibility index (Phi) is 10.6. The number of aromatic amines is 1. The molecule has 1 rings (SSSR count). The average molecular weight is 547 g/mol. The van der Waals surface area contributed by atoms with Gasteiger partial charge in [-0.1, -0.05) is 0 Å². The molecule has 0 aliphatic heterocycles. The zero-order valence-electron chi connectivity index (χ0n) is 13.1. The minimum absolute atomic E-state index is 0.647. The maximum atomic E-state index is 11.1. The molecule has 1 aromatic heterocycles. The molecule has 0 aliphatic rings. The number of aryl methyl sites for hydroxylation is 3. The molecule has 26 heavy (non-hydrogen) atoms. The molecule has 0 amide bonds. The van der Waals surface area contributed by atoms with Crippen LogP contribution in [0.2, 0.25) is 0 Å². The van der Waals surface area contributed by atoms with Crippen molar-refractivity contribution in [1.82, 2.24) is 0 Å². The van der Waals surface area contributed by atoms with E-state index in [2.05, 4.69) is 40.4 Å². The van der Waals surface area contributed by atoms with E-state index in [1.165, 1.54) is 17.0 Å². The number of halogens is 7. The minimum atomic E-state index is -6.09. The van der Waals surface area contributed by atoms with Gasteiger partial charge in [0.15, 0.2) is 21.5 Å². The summed E-state index contributed by atoms with van der Waals surface area (Å²) >= 11 is 0.647. The van der Waals surface area contributed by atoms with E-state index >= 15 is 0 Å². The maximum Gasteiger partial charge on any atom is 0.523 e. The lowest BCUT2D eigenvalue weighted by atomic mass is 10.2. The number of pyridine rings is 1. The molecule has 0 unspecified atom stereocenters. The van der Waals surface area contributed by atoms with Crippen LogP contribution in [-0.4, -0.2) is 32.4 Å². The lowest BCUT2D eigenvalue weighted by Gasteiger charge is -2.08. The molecule has 1 heterocycles. The molecular formula is C10H12F6INO6S2. The molecule has 0 atom stereocenters. The molecule has 0 saturated carbocycles. The highest BCUT2D eigenvalue weighted by Gasteiger charge is 2.47. The first-order valence-electron chi connectivity index (χ1n) is 5.85. The van der Waals surface area contributed by atoms with Crippen molar-refractivity contribution in [3.63, 3.8) is 0 Å². The summed E-state index contributed by atoms with van der Waals surface area (Å²) in [6.45, 7) is 6.24. The smallest absolute Gasteiger partial charge is 0.523 e. The molecule has 0 saturated heterocycles. The number of nitrogens with one attached hydrogen (secondary N) is 1. The molecule has 7 nitrogen and oxygen atoms in total. The molecule has 0 fully saturated rings. The minimum Gasteiger partial charge on any atom is -0.741 e. The monoisotopic (exact) mass is 547 g/mol. The van der Waals surface area contributed by atoms with Gasteiger partial charge in [0.2, 0.25) is 0 Å². The summed E-state index contributed by atoms with van der Waals surface area (Å²) in [5, 5.41) is 0. The second-order valence-corrected chi connectivity index (χ2v) is 8.33. The lowest BCUT2D eigenvalue weighted by molar-refractivity contribution is -0.396. The standard InChI is InChI=1S/C8H11N.CF3IO3S.CHF3O3S/c1-6-4-7(2)9-8(3)5-6;2-1(3,4)9(6,7)8-5;2-1(3,4)8(5,6)7/h4-5H,1-3H3;;(H,5,6,7). The lowest BCUT2D eigenvalue weighted by Crippen LogP contribution is -2.22. The van der Waals surface area contributed by atoms with Crippen LogP contribution in [0.5, 0.6) is 0 Å². The highest BCUT2D eigenvalue weighted by atomic mass is 127. The normalized spacial score (nSPS) is 12.4. The summed E-state index contributed by atoms with van der Waals surface area (Å²) in [5.41, 5.74) is -7.18. The first-order chi connectivity index (χ1) is 11.2. The Morgan fingerprint density at radius 2 is 1.23 bits per heavy atom. The molecule has 0 aromatic carbocycles. The molecule has 0 aliphatic carbocycles. The molecular weight excluding hydrogens is 535 g/mol. The number of H-pyrrole nitrogens is 1. The molecule has 0 spiro atoms. The fourth-order valence-electron chi connectivity index (χ4n) is 1.14. The van der Waals surface area contributed by atoms with Gasteiger partial charge in [0.1, 0.15) is 23.0 Å². The van der Waals surface area contributed by atoms with Gasteiger partial charge in [-0.15, -0.1) is 0 Å². The van der Waals surface area contributed by atoms with Gasteiger partial charge >= 0.3 is 21.1 Å². The number of hydrogen-bond donors (Lipinski definition) is 0. The van der Waals surface area contributed by atoms with Gasteiger partial charge in [-0.2, -0.15) is 37.3 Å². The summed E-state index contributed by atoms with van der Waals surface area (Å²) in [6.07, 6.45) is 0. The van der Waals surface area contributed by atoms with Crippen molar-refractivity contribution in [3.05, 3.63) is 29.1 Å². The fraction of sp³-hybridized carbons (Fsp3) is 0.500. The Morgan fingerprint density at radius 3 is 1.35 bits per heavy atom. The van der Waals surface area contributed by atoms with Crippen molar-refractivity contribution in [1.29, 1.82) is 0 Å². The highest BCUT2D eigenvalue weighted by molar-refractivity contribution is 14.1. The van der Waals surface area contributed by atoms with Gasteiger partial charge in [0.25, 0.3) is 0 Å². The van der Waals surface area contributed by atoms with Crippen LogP contribution >= 0.6 is 23.0 Å². The van der Waals surface area contributed by atoms with Crippen molar-refractivity contribution >= 4 is 43.2 Å². The first-order valence-corrected chi connectivity index (χ1v) is 9.55. The number of hydrogen-bond acceptors (Lipinski definition) is 6. The van der Waals surface area contributed by atoms with Gasteiger partial charge in [-0.05, 0) is 12.5 Å². The third kappa shape index (κ3) is 11.1. The fourth-order valence-corrected chi connectivity index (χ4v) is 1.83. The zero-order valence-corrected chi connectivity index (χ0v) is 16.9. The van der Waals surface area contributed by atoms with Crippen LogP contribution in [0.1, 0.15) is 17.0 Å². The van der Waals surface area contributed by atoms with Crippen molar-refractivity contribution in [3.8, 4) is 0 Å². The number of aromatic nitrogens is 1. The van der Waals surface area contributed by atoms with Crippen LogP contribution in [0, 0.1) is 20.8 Å². The molecule has 16 heteroatoms. The van der Waals surface area contributed by atoms with Crippen molar-refractivity contribution in [2.75, 3.05) is 0 Å². The molecule has 0 bridgehead atoms.